The van der Waals surface area contributed by atoms with Gasteiger partial charge in [0.2, 0.25) is 5.91 Å². The fourth-order valence-corrected chi connectivity index (χ4v) is 3.90. The lowest BCUT2D eigenvalue weighted by Gasteiger charge is -2.37. The molecule has 0 aromatic heterocycles. The van der Waals surface area contributed by atoms with E-state index in [0.29, 0.717) is 6.54 Å². The van der Waals surface area contributed by atoms with Gasteiger partial charge in [-0.3, -0.25) is 19.4 Å². The molecule has 158 valence electrons. The highest BCUT2D eigenvalue weighted by Gasteiger charge is 2.26. The van der Waals surface area contributed by atoms with E-state index in [0.717, 1.165) is 51.0 Å². The Kier molecular flexibility index (Phi) is 10.5. The van der Waals surface area contributed by atoms with E-state index in [1.807, 2.05) is 11.8 Å². The van der Waals surface area contributed by atoms with Crippen LogP contribution in [0.25, 0.3) is 0 Å². The van der Waals surface area contributed by atoms with Gasteiger partial charge in [-0.05, 0) is 43.4 Å². The van der Waals surface area contributed by atoms with Crippen LogP contribution in [0.2, 0.25) is 0 Å². The number of para-hydroxylation sites is 1. The van der Waals surface area contributed by atoms with Crippen molar-refractivity contribution in [2.75, 3.05) is 38.0 Å². The molecule has 0 bridgehead atoms. The number of nitrogens with zero attached hydrogens (tertiary/aromatic N) is 2. The first-order valence-electron chi connectivity index (χ1n) is 10.1. The summed E-state index contributed by atoms with van der Waals surface area (Å²) in [7, 11) is 0. The molecule has 2 N–H and O–H groups in total. The number of carboxylic acids is 1. The van der Waals surface area contributed by atoms with Gasteiger partial charge in [0.1, 0.15) is 0 Å². The van der Waals surface area contributed by atoms with E-state index in [1.54, 1.807) is 0 Å². The number of carbonyl (C=O) groups is 2. The summed E-state index contributed by atoms with van der Waals surface area (Å²) in [5.41, 5.74) is 3.32. The second-order valence-electron chi connectivity index (χ2n) is 7.17. The number of carboxylic acid groups (broad SMARTS) is 1. The maximum absolute atomic E-state index is 12.6. The number of piperidine rings is 1. The van der Waals surface area contributed by atoms with Gasteiger partial charge in [0.05, 0.1) is 13.1 Å². The number of likely N-dealkylation sites (N-methyl/N-ethyl adjacent to an activating group) is 1. The Balaban J connectivity index is 0.00000392. The number of amides is 1. The third kappa shape index (κ3) is 6.76. The zero-order valence-electron chi connectivity index (χ0n) is 17.2. The molecule has 1 aliphatic heterocycles. The quantitative estimate of drug-likeness (QED) is 0.653. The van der Waals surface area contributed by atoms with Crippen LogP contribution in [0.5, 0.6) is 0 Å². The molecule has 6 nitrogen and oxygen atoms in total. The highest BCUT2D eigenvalue weighted by atomic mass is 35.5. The fourth-order valence-electron chi connectivity index (χ4n) is 3.90. The van der Waals surface area contributed by atoms with Crippen molar-refractivity contribution in [3.8, 4) is 0 Å². The van der Waals surface area contributed by atoms with Gasteiger partial charge in [-0.15, -0.1) is 12.4 Å². The van der Waals surface area contributed by atoms with E-state index in [2.05, 4.69) is 42.3 Å². The molecule has 1 aliphatic rings. The van der Waals surface area contributed by atoms with Crippen molar-refractivity contribution in [3.63, 3.8) is 0 Å². The van der Waals surface area contributed by atoms with Crippen LogP contribution in [0, 0.1) is 0 Å². The van der Waals surface area contributed by atoms with E-state index in [9.17, 15) is 9.59 Å². The first kappa shape index (κ1) is 24.4. The highest BCUT2D eigenvalue weighted by Crippen LogP contribution is 2.23. The van der Waals surface area contributed by atoms with Gasteiger partial charge in [0, 0.05) is 24.8 Å². The Bertz CT molecular complexity index is 624. The Labute approximate surface area is 174 Å². The molecule has 0 aliphatic carbocycles. The van der Waals surface area contributed by atoms with Crippen molar-refractivity contribution in [1.82, 2.24) is 9.80 Å². The van der Waals surface area contributed by atoms with Crippen LogP contribution in [0.1, 0.15) is 44.7 Å². The second-order valence-corrected chi connectivity index (χ2v) is 7.17. The average molecular weight is 412 g/mol. The number of carbonyl (C=O) groups excluding carboxylic acids is 1. The van der Waals surface area contributed by atoms with Crippen LogP contribution in [0.15, 0.2) is 18.2 Å². The number of hydrogen-bond acceptors (Lipinski definition) is 4. The minimum atomic E-state index is -0.778. The lowest BCUT2D eigenvalue weighted by atomic mass is 10.0. The molecule has 1 aromatic rings. The first-order valence-corrected chi connectivity index (χ1v) is 10.1. The van der Waals surface area contributed by atoms with Crippen molar-refractivity contribution in [1.29, 1.82) is 0 Å². The van der Waals surface area contributed by atoms with E-state index < -0.39 is 5.97 Å². The summed E-state index contributed by atoms with van der Waals surface area (Å²) in [6.07, 6.45) is 3.59. The summed E-state index contributed by atoms with van der Waals surface area (Å²) in [5, 5.41) is 12.2. The van der Waals surface area contributed by atoms with Gasteiger partial charge >= 0.3 is 5.97 Å². The number of aryl methyl sites for hydroxylation is 2. The van der Waals surface area contributed by atoms with Gasteiger partial charge in [-0.1, -0.05) is 39.0 Å². The molecule has 7 heteroatoms. The SMILES string of the molecule is CCc1cccc(CC)c1NC(=O)CN1CCC(N(CC)CC(=O)O)CC1.Cl. The Morgan fingerprint density at radius 3 is 2.18 bits per heavy atom. The molecule has 0 unspecified atom stereocenters. The van der Waals surface area contributed by atoms with Crippen molar-refractivity contribution >= 4 is 30.0 Å². The number of aliphatic carboxylic acids is 1. The Morgan fingerprint density at radius 1 is 1.14 bits per heavy atom. The maximum Gasteiger partial charge on any atom is 0.317 e. The van der Waals surface area contributed by atoms with Gasteiger partial charge in [-0.25, -0.2) is 0 Å². The van der Waals surface area contributed by atoms with Crippen LogP contribution in [-0.2, 0) is 22.4 Å². The molecule has 0 spiro atoms. The number of likely N-dealkylation sites (tertiary alicyclic amines) is 1. The van der Waals surface area contributed by atoms with Gasteiger partial charge in [0.25, 0.3) is 0 Å². The molecule has 0 saturated carbocycles. The molecule has 1 fully saturated rings. The van der Waals surface area contributed by atoms with Crippen molar-refractivity contribution < 1.29 is 14.7 Å². The third-order valence-electron chi connectivity index (χ3n) is 5.45. The first-order chi connectivity index (χ1) is 13.0. The van der Waals surface area contributed by atoms with E-state index in [1.165, 1.54) is 11.1 Å². The summed E-state index contributed by atoms with van der Waals surface area (Å²) in [6, 6.07) is 6.48. The third-order valence-corrected chi connectivity index (χ3v) is 5.45. The predicted octanol–water partition coefficient (Wildman–Crippen LogP) is 3.04. The highest BCUT2D eigenvalue weighted by molar-refractivity contribution is 5.93. The summed E-state index contributed by atoms with van der Waals surface area (Å²) in [4.78, 5) is 27.8. The van der Waals surface area contributed by atoms with Crippen molar-refractivity contribution in [3.05, 3.63) is 29.3 Å². The number of halogens is 1. The van der Waals surface area contributed by atoms with Crippen molar-refractivity contribution in [2.45, 2.75) is 52.5 Å². The van der Waals surface area contributed by atoms with Crippen LogP contribution in [0.4, 0.5) is 5.69 Å². The predicted molar refractivity (Wildman–Crippen MR) is 115 cm³/mol. The van der Waals surface area contributed by atoms with E-state index in [4.69, 9.17) is 5.11 Å². The Morgan fingerprint density at radius 2 is 1.71 bits per heavy atom. The fraction of sp³-hybridized carbons (Fsp3) is 0.619. The molecule has 1 aromatic carbocycles. The lowest BCUT2D eigenvalue weighted by molar-refractivity contribution is -0.139. The van der Waals surface area contributed by atoms with Crippen LogP contribution < -0.4 is 5.32 Å². The number of anilines is 1. The number of hydrogen-bond donors (Lipinski definition) is 2. The minimum Gasteiger partial charge on any atom is -0.480 e. The van der Waals surface area contributed by atoms with Crippen LogP contribution in [-0.4, -0.2) is 65.5 Å². The molecule has 1 saturated heterocycles. The number of rotatable bonds is 9. The molecular formula is C21H34ClN3O3. The molecule has 0 atom stereocenters. The molecular weight excluding hydrogens is 378 g/mol. The number of nitrogens with one attached hydrogen (secondary N) is 1. The van der Waals surface area contributed by atoms with Crippen LogP contribution in [0.3, 0.4) is 0 Å². The number of benzene rings is 1. The summed E-state index contributed by atoms with van der Waals surface area (Å²) in [5.74, 6) is -0.748. The van der Waals surface area contributed by atoms with E-state index >= 15 is 0 Å². The van der Waals surface area contributed by atoms with Gasteiger partial charge < -0.3 is 10.4 Å². The molecule has 1 amide bonds. The zero-order chi connectivity index (χ0) is 19.8. The topological polar surface area (TPSA) is 72.9 Å². The minimum absolute atomic E-state index is 0. The molecule has 1 heterocycles. The largest absolute Gasteiger partial charge is 0.480 e. The van der Waals surface area contributed by atoms with E-state index in [-0.39, 0.29) is 30.9 Å². The molecule has 28 heavy (non-hydrogen) atoms. The zero-order valence-corrected chi connectivity index (χ0v) is 18.1. The summed E-state index contributed by atoms with van der Waals surface area (Å²) < 4.78 is 0. The normalized spacial score (nSPS) is 15.3. The van der Waals surface area contributed by atoms with Crippen LogP contribution >= 0.6 is 12.4 Å². The van der Waals surface area contributed by atoms with Gasteiger partial charge in [0.15, 0.2) is 0 Å². The van der Waals surface area contributed by atoms with Gasteiger partial charge in [-0.2, -0.15) is 0 Å². The lowest BCUT2D eigenvalue weighted by Crippen LogP contribution is -2.48. The summed E-state index contributed by atoms with van der Waals surface area (Å²) >= 11 is 0. The molecule has 0 radical (unpaired) electrons. The average Bonchev–Trinajstić information content (AvgIpc) is 2.66. The summed E-state index contributed by atoms with van der Waals surface area (Å²) in [6.45, 7) is 9.07. The maximum atomic E-state index is 12.6. The second kappa shape index (κ2) is 12.0. The monoisotopic (exact) mass is 411 g/mol. The molecule has 2 rings (SSSR count). The van der Waals surface area contributed by atoms with Crippen molar-refractivity contribution in [2.24, 2.45) is 0 Å². The Hall–Kier alpha value is -1.63. The smallest absolute Gasteiger partial charge is 0.317 e. The standard InChI is InChI=1S/C21H33N3O3.ClH/c1-4-16-8-7-9-17(5-2)21(16)22-19(25)14-23-12-10-18(11-13-23)24(6-3)15-20(26)27;/h7-9,18H,4-6,10-15H2,1-3H3,(H,22,25)(H,26,27);1H.